The molecule has 1 fully saturated rings. The summed E-state index contributed by atoms with van der Waals surface area (Å²) in [4.78, 5) is 23.0. The minimum absolute atomic E-state index is 0.0175. The summed E-state index contributed by atoms with van der Waals surface area (Å²) in [6.45, 7) is 0.415. The van der Waals surface area contributed by atoms with Crippen molar-refractivity contribution in [3.8, 4) is 0 Å². The molecule has 0 aliphatic carbocycles. The van der Waals surface area contributed by atoms with Gasteiger partial charge in [0.05, 0.1) is 11.6 Å². The molecule has 1 saturated heterocycles. The maximum atomic E-state index is 12.0. The first-order chi connectivity index (χ1) is 8.56. The summed E-state index contributed by atoms with van der Waals surface area (Å²) in [5.74, 6) is -0.194. The monoisotopic (exact) mass is 374 g/mol. The van der Waals surface area contributed by atoms with Crippen LogP contribution in [-0.4, -0.2) is 18.4 Å². The van der Waals surface area contributed by atoms with Crippen LogP contribution in [0.5, 0.6) is 0 Å². The highest BCUT2D eigenvalue weighted by atomic mass is 79.9. The van der Waals surface area contributed by atoms with E-state index in [4.69, 9.17) is 0 Å². The fourth-order valence-electron chi connectivity index (χ4n) is 1.78. The Hall–Kier alpha value is -0.880. The van der Waals surface area contributed by atoms with Crippen molar-refractivity contribution < 1.29 is 9.59 Å². The second-order valence-corrected chi connectivity index (χ2v) is 5.92. The first kappa shape index (κ1) is 13.5. The van der Waals surface area contributed by atoms with Gasteiger partial charge in [-0.05, 0) is 40.5 Å². The Morgan fingerprint density at radius 1 is 1.39 bits per heavy atom. The maximum absolute atomic E-state index is 12.0. The van der Waals surface area contributed by atoms with E-state index in [9.17, 15) is 9.59 Å². The van der Waals surface area contributed by atoms with E-state index in [-0.39, 0.29) is 17.7 Å². The van der Waals surface area contributed by atoms with E-state index >= 15 is 0 Å². The van der Waals surface area contributed by atoms with Crippen molar-refractivity contribution in [2.24, 2.45) is 5.92 Å². The number of carbonyl (C=O) groups excluding carboxylic acids is 2. The zero-order valence-electron chi connectivity index (χ0n) is 9.50. The molecule has 4 nitrogen and oxygen atoms in total. The van der Waals surface area contributed by atoms with E-state index in [1.165, 1.54) is 0 Å². The van der Waals surface area contributed by atoms with Gasteiger partial charge in [-0.3, -0.25) is 9.59 Å². The number of halogens is 2. The molecule has 2 amide bonds. The van der Waals surface area contributed by atoms with Gasteiger partial charge in [-0.15, -0.1) is 0 Å². The number of nitrogens with one attached hydrogen (secondary N) is 2. The summed E-state index contributed by atoms with van der Waals surface area (Å²) < 4.78 is 1.77. The SMILES string of the molecule is O=C1CCC(C(=O)Nc2ccc(Br)cc2Br)CN1. The number of hydrogen-bond donors (Lipinski definition) is 2. The summed E-state index contributed by atoms with van der Waals surface area (Å²) in [5.41, 5.74) is 0.736. The number of amides is 2. The second kappa shape index (κ2) is 5.84. The van der Waals surface area contributed by atoms with Gasteiger partial charge in [-0.2, -0.15) is 0 Å². The van der Waals surface area contributed by atoms with E-state index in [1.54, 1.807) is 0 Å². The van der Waals surface area contributed by atoms with Crippen molar-refractivity contribution in [3.05, 3.63) is 27.1 Å². The lowest BCUT2D eigenvalue weighted by Crippen LogP contribution is -2.40. The van der Waals surface area contributed by atoms with Crippen molar-refractivity contribution in [2.75, 3.05) is 11.9 Å². The number of hydrogen-bond acceptors (Lipinski definition) is 2. The fraction of sp³-hybridized carbons (Fsp3) is 0.333. The Morgan fingerprint density at radius 2 is 2.17 bits per heavy atom. The lowest BCUT2D eigenvalue weighted by atomic mass is 9.98. The standard InChI is InChI=1S/C12H12Br2N2O2/c13-8-2-3-10(9(14)5-8)16-12(18)7-1-4-11(17)15-6-7/h2-3,5,7H,1,4,6H2,(H,15,17)(H,16,18). The van der Waals surface area contributed by atoms with Gasteiger partial charge in [0.2, 0.25) is 11.8 Å². The fourth-order valence-corrected chi connectivity index (χ4v) is 2.93. The van der Waals surface area contributed by atoms with Gasteiger partial charge in [0.25, 0.3) is 0 Å². The second-order valence-electron chi connectivity index (χ2n) is 4.15. The molecule has 1 aromatic rings. The van der Waals surface area contributed by atoms with E-state index in [1.807, 2.05) is 18.2 Å². The molecular weight excluding hydrogens is 364 g/mol. The average Bonchev–Trinajstić information content (AvgIpc) is 2.33. The highest BCUT2D eigenvalue weighted by Gasteiger charge is 2.24. The largest absolute Gasteiger partial charge is 0.355 e. The minimum atomic E-state index is -0.154. The molecule has 96 valence electrons. The van der Waals surface area contributed by atoms with Crippen molar-refractivity contribution in [2.45, 2.75) is 12.8 Å². The Morgan fingerprint density at radius 3 is 2.78 bits per heavy atom. The van der Waals surface area contributed by atoms with Gasteiger partial charge in [-0.25, -0.2) is 0 Å². The molecule has 0 bridgehead atoms. The summed E-state index contributed by atoms with van der Waals surface area (Å²) in [6.07, 6.45) is 1.02. The number of benzene rings is 1. The molecule has 0 spiro atoms. The van der Waals surface area contributed by atoms with Gasteiger partial charge < -0.3 is 10.6 Å². The highest BCUT2D eigenvalue weighted by Crippen LogP contribution is 2.27. The Labute approximate surface area is 122 Å². The average molecular weight is 376 g/mol. The minimum Gasteiger partial charge on any atom is -0.355 e. The molecule has 1 atom stereocenters. The quantitative estimate of drug-likeness (QED) is 0.834. The van der Waals surface area contributed by atoms with E-state index in [0.717, 1.165) is 14.6 Å². The van der Waals surface area contributed by atoms with Crippen molar-refractivity contribution in [3.63, 3.8) is 0 Å². The Balaban J connectivity index is 2.00. The van der Waals surface area contributed by atoms with Gasteiger partial charge >= 0.3 is 0 Å². The molecule has 1 heterocycles. The lowest BCUT2D eigenvalue weighted by Gasteiger charge is -2.21. The normalized spacial score (nSPS) is 19.2. The maximum Gasteiger partial charge on any atom is 0.229 e. The third-order valence-corrected chi connectivity index (χ3v) is 3.97. The number of anilines is 1. The highest BCUT2D eigenvalue weighted by molar-refractivity contribution is 9.11. The van der Waals surface area contributed by atoms with E-state index in [0.29, 0.717) is 19.4 Å². The van der Waals surface area contributed by atoms with Crippen LogP contribution in [0.1, 0.15) is 12.8 Å². The molecule has 1 aromatic carbocycles. The van der Waals surface area contributed by atoms with Gasteiger partial charge in [0, 0.05) is 21.9 Å². The van der Waals surface area contributed by atoms with Gasteiger partial charge in [-0.1, -0.05) is 15.9 Å². The van der Waals surface area contributed by atoms with Crippen LogP contribution in [0.3, 0.4) is 0 Å². The first-order valence-corrected chi connectivity index (χ1v) is 7.17. The van der Waals surface area contributed by atoms with Crippen LogP contribution in [0, 0.1) is 5.92 Å². The third-order valence-electron chi connectivity index (χ3n) is 2.83. The number of rotatable bonds is 2. The molecule has 1 unspecified atom stereocenters. The van der Waals surface area contributed by atoms with Crippen LogP contribution in [-0.2, 0) is 9.59 Å². The van der Waals surface area contributed by atoms with Crippen LogP contribution in [0.15, 0.2) is 27.1 Å². The molecule has 18 heavy (non-hydrogen) atoms. The smallest absolute Gasteiger partial charge is 0.229 e. The van der Waals surface area contributed by atoms with Gasteiger partial charge in [0.1, 0.15) is 0 Å². The summed E-state index contributed by atoms with van der Waals surface area (Å²) >= 11 is 6.75. The summed E-state index contributed by atoms with van der Waals surface area (Å²) in [5, 5.41) is 5.57. The molecule has 1 aliphatic heterocycles. The Kier molecular flexibility index (Phi) is 4.40. The van der Waals surface area contributed by atoms with Crippen LogP contribution in [0.2, 0.25) is 0 Å². The summed E-state index contributed by atoms with van der Waals surface area (Å²) in [7, 11) is 0. The van der Waals surface area contributed by atoms with Crippen LogP contribution >= 0.6 is 31.9 Å². The molecule has 0 radical (unpaired) electrons. The topological polar surface area (TPSA) is 58.2 Å². The van der Waals surface area contributed by atoms with Crippen molar-refractivity contribution in [1.29, 1.82) is 0 Å². The molecule has 0 saturated carbocycles. The molecule has 0 aromatic heterocycles. The predicted molar refractivity (Wildman–Crippen MR) is 76.2 cm³/mol. The zero-order valence-corrected chi connectivity index (χ0v) is 12.7. The third kappa shape index (κ3) is 3.32. The number of piperidine rings is 1. The first-order valence-electron chi connectivity index (χ1n) is 5.59. The molecule has 1 aliphatic rings. The number of carbonyl (C=O) groups is 2. The van der Waals surface area contributed by atoms with E-state index < -0.39 is 0 Å². The van der Waals surface area contributed by atoms with E-state index in [2.05, 4.69) is 42.5 Å². The van der Waals surface area contributed by atoms with Crippen LogP contribution in [0.25, 0.3) is 0 Å². The van der Waals surface area contributed by atoms with Crippen LogP contribution in [0.4, 0.5) is 5.69 Å². The zero-order chi connectivity index (χ0) is 13.1. The molecule has 2 rings (SSSR count). The predicted octanol–water partition coefficient (Wildman–Crippen LogP) is 2.68. The van der Waals surface area contributed by atoms with Crippen molar-refractivity contribution in [1.82, 2.24) is 5.32 Å². The molecular formula is C12H12Br2N2O2. The summed E-state index contributed by atoms with van der Waals surface area (Å²) in [6, 6.07) is 5.56. The Bertz CT molecular complexity index is 481. The molecule has 2 N–H and O–H groups in total. The van der Waals surface area contributed by atoms with Crippen molar-refractivity contribution >= 4 is 49.4 Å². The lowest BCUT2D eigenvalue weighted by molar-refractivity contribution is -0.126. The van der Waals surface area contributed by atoms with Gasteiger partial charge in [0.15, 0.2) is 0 Å². The molecule has 6 heteroatoms. The van der Waals surface area contributed by atoms with Crippen LogP contribution < -0.4 is 10.6 Å².